The van der Waals surface area contributed by atoms with Crippen molar-refractivity contribution in [2.24, 2.45) is 11.8 Å². The maximum Gasteiger partial charge on any atom is 0.410 e. The van der Waals surface area contributed by atoms with Crippen molar-refractivity contribution in [3.63, 3.8) is 0 Å². The molecule has 43 heavy (non-hydrogen) atoms. The highest BCUT2D eigenvalue weighted by Crippen LogP contribution is 2.38. The number of rotatable bonds is 8. The maximum absolute atomic E-state index is 14.7. The molecule has 1 aromatic heterocycles. The molecule has 2 fully saturated rings. The van der Waals surface area contributed by atoms with E-state index in [0.29, 0.717) is 48.8 Å². The zero-order valence-corrected chi connectivity index (χ0v) is 25.4. The van der Waals surface area contributed by atoms with Crippen molar-refractivity contribution in [1.29, 1.82) is 0 Å². The number of carbonyl (C=O) groups excluding carboxylic acids is 2. The number of hydrogen-bond donors (Lipinski definition) is 1. The summed E-state index contributed by atoms with van der Waals surface area (Å²) in [6, 6.07) is 7.27. The van der Waals surface area contributed by atoms with Crippen molar-refractivity contribution in [2.75, 3.05) is 36.4 Å². The minimum absolute atomic E-state index is 0.0230. The van der Waals surface area contributed by atoms with Gasteiger partial charge in [0.15, 0.2) is 0 Å². The molecule has 1 N–H and O–H groups in total. The van der Waals surface area contributed by atoms with E-state index >= 15 is 0 Å². The third-order valence-corrected chi connectivity index (χ3v) is 8.15. The fourth-order valence-corrected chi connectivity index (χ4v) is 5.83. The van der Waals surface area contributed by atoms with Gasteiger partial charge in [-0.2, -0.15) is 0 Å². The normalized spacial score (nSPS) is 19.2. The molecule has 0 spiro atoms. The lowest BCUT2D eigenvalue weighted by molar-refractivity contribution is -0.384. The lowest BCUT2D eigenvalue weighted by atomic mass is 9.85. The van der Waals surface area contributed by atoms with Gasteiger partial charge in [-0.15, -0.1) is 0 Å². The first-order chi connectivity index (χ1) is 20.2. The minimum atomic E-state index is -2.83. The van der Waals surface area contributed by atoms with Crippen LogP contribution in [0.5, 0.6) is 0 Å². The van der Waals surface area contributed by atoms with E-state index in [1.54, 1.807) is 26.8 Å². The summed E-state index contributed by atoms with van der Waals surface area (Å²) in [5.74, 6) is -3.88. The van der Waals surface area contributed by atoms with Crippen LogP contribution in [0.25, 0.3) is 0 Å². The van der Waals surface area contributed by atoms with Crippen LogP contribution in [0.1, 0.15) is 69.7 Å². The molecule has 0 aliphatic carbocycles. The van der Waals surface area contributed by atoms with Crippen LogP contribution in [-0.4, -0.2) is 64.5 Å². The molecule has 2 saturated heterocycles. The number of piperidine rings is 2. The van der Waals surface area contributed by atoms with Crippen LogP contribution < -0.4 is 10.2 Å². The molecule has 0 saturated carbocycles. The average Bonchev–Trinajstić information content (AvgIpc) is 2.93. The van der Waals surface area contributed by atoms with Crippen LogP contribution in [0.3, 0.4) is 0 Å². The number of anilines is 2. The molecule has 10 nitrogen and oxygen atoms in total. The largest absolute Gasteiger partial charge is 0.444 e. The predicted octanol–water partition coefficient (Wildman–Crippen LogP) is 7.17. The SMILES string of the molecule is CC(C)(C)OC(=O)N1CCC(F)(F)C(CCCC2CCN(c3cc([N+](=O)[O-])ccc3C(=O)Nc3ccnc(Cl)c3)CC2)C1. The average molecular weight is 622 g/mol. The molecule has 4 rings (SSSR count). The first-order valence-electron chi connectivity index (χ1n) is 14.5. The number of non-ortho nitro benzene ring substituents is 1. The summed E-state index contributed by atoms with van der Waals surface area (Å²) in [5, 5.41) is 14.5. The maximum atomic E-state index is 14.7. The van der Waals surface area contributed by atoms with Gasteiger partial charge in [0, 0.05) is 62.5 Å². The van der Waals surface area contributed by atoms with E-state index in [1.165, 1.54) is 35.4 Å². The molecular weight excluding hydrogens is 584 g/mol. The molecule has 2 aromatic rings. The molecule has 13 heteroatoms. The Balaban J connectivity index is 1.34. The smallest absolute Gasteiger partial charge is 0.410 e. The number of amides is 2. The number of carbonyl (C=O) groups is 2. The number of alkyl halides is 2. The van der Waals surface area contributed by atoms with E-state index in [1.807, 2.05) is 4.90 Å². The zero-order chi connectivity index (χ0) is 31.4. The first-order valence-corrected chi connectivity index (χ1v) is 14.9. The van der Waals surface area contributed by atoms with E-state index in [0.717, 1.165) is 19.3 Å². The van der Waals surface area contributed by atoms with Crippen LogP contribution in [0, 0.1) is 22.0 Å². The van der Waals surface area contributed by atoms with Crippen molar-refractivity contribution in [3.05, 3.63) is 57.4 Å². The lowest BCUT2D eigenvalue weighted by Gasteiger charge is -2.39. The minimum Gasteiger partial charge on any atom is -0.444 e. The number of hydrogen-bond acceptors (Lipinski definition) is 7. The predicted molar refractivity (Wildman–Crippen MR) is 160 cm³/mol. The van der Waals surface area contributed by atoms with E-state index < -0.39 is 34.4 Å². The summed E-state index contributed by atoms with van der Waals surface area (Å²) < 4.78 is 34.8. The Morgan fingerprint density at radius 2 is 1.88 bits per heavy atom. The number of nitrogens with zero attached hydrogens (tertiary/aromatic N) is 4. The number of benzene rings is 1. The topological polar surface area (TPSA) is 118 Å². The Labute approximate surface area is 254 Å². The van der Waals surface area contributed by atoms with Crippen LogP contribution in [0.4, 0.5) is 30.6 Å². The summed E-state index contributed by atoms with van der Waals surface area (Å²) in [6.07, 6.45) is 3.72. The number of halogens is 3. The number of nitro benzene ring substituents is 1. The number of aromatic nitrogens is 1. The highest BCUT2D eigenvalue weighted by Gasteiger charge is 2.45. The Morgan fingerprint density at radius 1 is 1.16 bits per heavy atom. The summed E-state index contributed by atoms with van der Waals surface area (Å²) in [7, 11) is 0. The molecule has 0 radical (unpaired) electrons. The van der Waals surface area contributed by atoms with Crippen LogP contribution in [-0.2, 0) is 4.74 Å². The first kappa shape index (κ1) is 32.4. The number of likely N-dealkylation sites (tertiary alicyclic amines) is 1. The summed E-state index contributed by atoms with van der Waals surface area (Å²) in [5.41, 5.74) is 0.408. The van der Waals surface area contributed by atoms with Crippen LogP contribution >= 0.6 is 11.6 Å². The van der Waals surface area contributed by atoms with E-state index in [4.69, 9.17) is 16.3 Å². The van der Waals surface area contributed by atoms with E-state index in [2.05, 4.69) is 10.3 Å². The molecule has 2 aliphatic heterocycles. The fraction of sp³-hybridized carbons (Fsp3) is 0.567. The fourth-order valence-electron chi connectivity index (χ4n) is 5.66. The van der Waals surface area contributed by atoms with Gasteiger partial charge in [-0.3, -0.25) is 14.9 Å². The Kier molecular flexibility index (Phi) is 10.1. The summed E-state index contributed by atoms with van der Waals surface area (Å²) >= 11 is 5.93. The standard InChI is InChI=1S/C30H38ClF2N5O5/c1-29(2,3)43-28(40)37-16-12-30(32,33)21(19-37)6-4-5-20-10-14-36(15-11-20)25-18-23(38(41)42)7-8-24(25)27(39)35-22-9-13-34-26(31)17-22/h7-9,13,17-18,20-21H,4-6,10-12,14-16,19H2,1-3H3,(H,34,35,39). The van der Waals surface area contributed by atoms with Crippen molar-refractivity contribution >= 4 is 40.7 Å². The summed E-state index contributed by atoms with van der Waals surface area (Å²) in [4.78, 5) is 43.9. The summed E-state index contributed by atoms with van der Waals surface area (Å²) in [6.45, 7) is 6.34. The van der Waals surface area contributed by atoms with Gasteiger partial charge in [-0.1, -0.05) is 24.4 Å². The monoisotopic (exact) mass is 621 g/mol. The number of pyridine rings is 1. The van der Waals surface area contributed by atoms with Gasteiger partial charge in [0.2, 0.25) is 0 Å². The van der Waals surface area contributed by atoms with Crippen molar-refractivity contribution < 1.29 is 28.0 Å². The number of nitrogens with one attached hydrogen (secondary N) is 1. The highest BCUT2D eigenvalue weighted by atomic mass is 35.5. The Hall–Kier alpha value is -3.54. The Bertz CT molecular complexity index is 1330. The number of nitro groups is 1. The molecule has 3 heterocycles. The lowest BCUT2D eigenvalue weighted by Crippen LogP contribution is -2.50. The van der Waals surface area contributed by atoms with E-state index in [-0.39, 0.29) is 30.4 Å². The molecule has 234 valence electrons. The van der Waals surface area contributed by atoms with Gasteiger partial charge in [0.05, 0.1) is 16.2 Å². The zero-order valence-electron chi connectivity index (χ0n) is 24.7. The second-order valence-electron chi connectivity index (χ2n) is 12.3. The molecule has 1 unspecified atom stereocenters. The molecular formula is C30H38ClF2N5O5. The molecule has 2 amide bonds. The highest BCUT2D eigenvalue weighted by molar-refractivity contribution is 6.29. The van der Waals surface area contributed by atoms with Crippen LogP contribution in [0.15, 0.2) is 36.5 Å². The van der Waals surface area contributed by atoms with Crippen LogP contribution in [0.2, 0.25) is 5.15 Å². The molecule has 2 aliphatic rings. The van der Waals surface area contributed by atoms with Gasteiger partial charge < -0.3 is 19.9 Å². The van der Waals surface area contributed by atoms with Crippen molar-refractivity contribution in [1.82, 2.24) is 9.88 Å². The Morgan fingerprint density at radius 3 is 2.53 bits per heavy atom. The van der Waals surface area contributed by atoms with Gasteiger partial charge >= 0.3 is 6.09 Å². The second-order valence-corrected chi connectivity index (χ2v) is 12.7. The second kappa shape index (κ2) is 13.4. The molecule has 1 atom stereocenters. The van der Waals surface area contributed by atoms with Gasteiger partial charge in [-0.05, 0) is 64.2 Å². The molecule has 0 bridgehead atoms. The van der Waals surface area contributed by atoms with Crippen molar-refractivity contribution in [3.8, 4) is 0 Å². The van der Waals surface area contributed by atoms with Gasteiger partial charge in [-0.25, -0.2) is 18.6 Å². The third-order valence-electron chi connectivity index (χ3n) is 7.95. The molecule has 1 aromatic carbocycles. The quantitative estimate of drug-likeness (QED) is 0.188. The van der Waals surface area contributed by atoms with Gasteiger partial charge in [0.1, 0.15) is 10.8 Å². The number of ether oxygens (including phenoxy) is 1. The third kappa shape index (κ3) is 8.75. The van der Waals surface area contributed by atoms with Gasteiger partial charge in [0.25, 0.3) is 17.5 Å². The van der Waals surface area contributed by atoms with E-state index in [9.17, 15) is 28.5 Å². The van der Waals surface area contributed by atoms with Crippen molar-refractivity contribution in [2.45, 2.75) is 70.8 Å².